The van der Waals surface area contributed by atoms with Crippen LogP contribution in [0.25, 0.3) is 0 Å². The highest BCUT2D eigenvalue weighted by molar-refractivity contribution is 7.89. The molecule has 1 aromatic heterocycles. The van der Waals surface area contributed by atoms with Crippen molar-refractivity contribution in [3.05, 3.63) is 12.0 Å². The molecule has 102 valence electrons. The van der Waals surface area contributed by atoms with Crippen molar-refractivity contribution in [2.45, 2.75) is 43.7 Å². The minimum atomic E-state index is -3.48. The summed E-state index contributed by atoms with van der Waals surface area (Å²) in [5.41, 5.74) is 5.52. The van der Waals surface area contributed by atoms with Gasteiger partial charge < -0.3 is 10.7 Å². The van der Waals surface area contributed by atoms with Gasteiger partial charge >= 0.3 is 0 Å². The van der Waals surface area contributed by atoms with Crippen LogP contribution in [0.5, 0.6) is 0 Å². The largest absolute Gasteiger partial charge is 0.332 e. The third-order valence-electron chi connectivity index (χ3n) is 3.36. The third-order valence-corrected chi connectivity index (χ3v) is 5.22. The summed E-state index contributed by atoms with van der Waals surface area (Å²) in [6, 6.07) is 0.104. The molecule has 1 aliphatic carbocycles. The van der Waals surface area contributed by atoms with Gasteiger partial charge in [0.05, 0.1) is 6.20 Å². The SMILES string of the molecule is CCc1ncc(S(=O)(=O)N(CCN)C2CCC2)[nH]1. The molecule has 0 aromatic carbocycles. The van der Waals surface area contributed by atoms with Crippen molar-refractivity contribution >= 4 is 10.0 Å². The van der Waals surface area contributed by atoms with E-state index in [4.69, 9.17) is 5.73 Å². The van der Waals surface area contributed by atoms with Crippen molar-refractivity contribution in [2.24, 2.45) is 5.73 Å². The lowest BCUT2D eigenvalue weighted by molar-refractivity contribution is 0.222. The lowest BCUT2D eigenvalue weighted by Crippen LogP contribution is -2.46. The number of aromatic nitrogens is 2. The molecule has 0 bridgehead atoms. The minimum Gasteiger partial charge on any atom is -0.332 e. The molecule has 1 aliphatic rings. The zero-order valence-electron chi connectivity index (χ0n) is 10.6. The highest BCUT2D eigenvalue weighted by Gasteiger charge is 2.35. The second kappa shape index (κ2) is 5.38. The van der Waals surface area contributed by atoms with E-state index in [9.17, 15) is 8.42 Å². The number of aryl methyl sites for hydroxylation is 1. The Morgan fingerprint density at radius 3 is 2.72 bits per heavy atom. The van der Waals surface area contributed by atoms with E-state index in [-0.39, 0.29) is 11.1 Å². The van der Waals surface area contributed by atoms with Crippen LogP contribution in [0.2, 0.25) is 0 Å². The lowest BCUT2D eigenvalue weighted by atomic mass is 9.93. The number of H-pyrrole nitrogens is 1. The van der Waals surface area contributed by atoms with Gasteiger partial charge in [-0.2, -0.15) is 4.31 Å². The summed E-state index contributed by atoms with van der Waals surface area (Å²) in [7, 11) is -3.48. The van der Waals surface area contributed by atoms with Crippen LogP contribution >= 0.6 is 0 Å². The molecule has 0 amide bonds. The number of aromatic amines is 1. The van der Waals surface area contributed by atoms with Crippen LogP contribution in [0.4, 0.5) is 0 Å². The van der Waals surface area contributed by atoms with Gasteiger partial charge in [0.25, 0.3) is 10.0 Å². The quantitative estimate of drug-likeness (QED) is 0.787. The number of rotatable bonds is 6. The molecule has 0 spiro atoms. The van der Waals surface area contributed by atoms with E-state index in [1.807, 2.05) is 6.92 Å². The molecule has 0 atom stereocenters. The third kappa shape index (κ3) is 2.43. The summed E-state index contributed by atoms with van der Waals surface area (Å²) >= 11 is 0. The number of hydrogen-bond donors (Lipinski definition) is 2. The van der Waals surface area contributed by atoms with Gasteiger partial charge in [-0.15, -0.1) is 0 Å². The maximum Gasteiger partial charge on any atom is 0.260 e. The zero-order chi connectivity index (χ0) is 13.2. The van der Waals surface area contributed by atoms with Gasteiger partial charge in [-0.1, -0.05) is 13.3 Å². The fourth-order valence-electron chi connectivity index (χ4n) is 2.08. The van der Waals surface area contributed by atoms with Crippen LogP contribution < -0.4 is 5.73 Å². The number of hydrogen-bond acceptors (Lipinski definition) is 4. The normalized spacial score (nSPS) is 17.1. The summed E-state index contributed by atoms with van der Waals surface area (Å²) in [6.45, 7) is 2.64. The molecule has 1 heterocycles. The standard InChI is InChI=1S/C11H20N4O2S/c1-2-10-13-8-11(14-10)18(16,17)15(7-6-12)9-4-3-5-9/h8-9H,2-7,12H2,1H3,(H,13,14). The van der Waals surface area contributed by atoms with Crippen molar-refractivity contribution in [2.75, 3.05) is 13.1 Å². The van der Waals surface area contributed by atoms with Gasteiger partial charge in [-0.05, 0) is 12.8 Å². The molecule has 0 saturated heterocycles. The van der Waals surface area contributed by atoms with E-state index in [1.165, 1.54) is 10.5 Å². The Balaban J connectivity index is 2.26. The summed E-state index contributed by atoms with van der Waals surface area (Å²) in [5.74, 6) is 0.690. The van der Waals surface area contributed by atoms with E-state index in [0.717, 1.165) is 19.3 Å². The van der Waals surface area contributed by atoms with Gasteiger partial charge in [0.1, 0.15) is 5.82 Å². The molecule has 18 heavy (non-hydrogen) atoms. The first-order chi connectivity index (χ1) is 8.59. The van der Waals surface area contributed by atoms with E-state index in [2.05, 4.69) is 9.97 Å². The van der Waals surface area contributed by atoms with E-state index in [1.54, 1.807) is 0 Å². The molecule has 7 heteroatoms. The van der Waals surface area contributed by atoms with Crippen LogP contribution in [-0.2, 0) is 16.4 Å². The Hall–Kier alpha value is -0.920. The van der Waals surface area contributed by atoms with Crippen LogP contribution in [0.3, 0.4) is 0 Å². The molecule has 2 rings (SSSR count). The van der Waals surface area contributed by atoms with Crippen molar-refractivity contribution in [3.8, 4) is 0 Å². The van der Waals surface area contributed by atoms with Crippen LogP contribution in [-0.4, -0.2) is 41.8 Å². The Morgan fingerprint density at radius 1 is 1.56 bits per heavy atom. The maximum absolute atomic E-state index is 12.5. The Kier molecular flexibility index (Phi) is 4.04. The number of imidazole rings is 1. The molecule has 1 fully saturated rings. The smallest absolute Gasteiger partial charge is 0.260 e. The molecule has 0 unspecified atom stereocenters. The van der Waals surface area contributed by atoms with Gasteiger partial charge in [0.15, 0.2) is 5.03 Å². The molecular formula is C11H20N4O2S. The lowest BCUT2D eigenvalue weighted by Gasteiger charge is -2.35. The van der Waals surface area contributed by atoms with Crippen molar-refractivity contribution in [1.29, 1.82) is 0 Å². The van der Waals surface area contributed by atoms with Crippen molar-refractivity contribution in [3.63, 3.8) is 0 Å². The van der Waals surface area contributed by atoms with Crippen molar-refractivity contribution in [1.82, 2.24) is 14.3 Å². The van der Waals surface area contributed by atoms with E-state index < -0.39 is 10.0 Å². The summed E-state index contributed by atoms with van der Waals surface area (Å²) in [5, 5.41) is 0.180. The first-order valence-electron chi connectivity index (χ1n) is 6.35. The van der Waals surface area contributed by atoms with E-state index >= 15 is 0 Å². The second-order valence-corrected chi connectivity index (χ2v) is 6.40. The summed E-state index contributed by atoms with van der Waals surface area (Å²) < 4.78 is 26.5. The Morgan fingerprint density at radius 2 is 2.28 bits per heavy atom. The fraction of sp³-hybridized carbons (Fsp3) is 0.727. The predicted octanol–water partition coefficient (Wildman–Crippen LogP) is 0.474. The summed E-state index contributed by atoms with van der Waals surface area (Å²) in [4.78, 5) is 6.92. The molecule has 3 N–H and O–H groups in total. The molecule has 6 nitrogen and oxygen atoms in total. The molecule has 0 radical (unpaired) electrons. The first-order valence-corrected chi connectivity index (χ1v) is 7.79. The zero-order valence-corrected chi connectivity index (χ0v) is 11.4. The maximum atomic E-state index is 12.5. The Labute approximate surface area is 108 Å². The van der Waals surface area contributed by atoms with Crippen LogP contribution in [0, 0.1) is 0 Å². The topological polar surface area (TPSA) is 92.1 Å². The number of nitrogens with one attached hydrogen (secondary N) is 1. The number of nitrogens with two attached hydrogens (primary N) is 1. The molecule has 1 saturated carbocycles. The fourth-order valence-corrected chi connectivity index (χ4v) is 3.72. The molecular weight excluding hydrogens is 252 g/mol. The predicted molar refractivity (Wildman–Crippen MR) is 68.6 cm³/mol. The van der Waals surface area contributed by atoms with Crippen LogP contribution in [0.1, 0.15) is 32.0 Å². The highest BCUT2D eigenvalue weighted by atomic mass is 32.2. The number of nitrogens with zero attached hydrogens (tertiary/aromatic N) is 2. The summed E-state index contributed by atoms with van der Waals surface area (Å²) in [6.07, 6.45) is 5.03. The minimum absolute atomic E-state index is 0.104. The molecule has 0 aliphatic heterocycles. The highest BCUT2D eigenvalue weighted by Crippen LogP contribution is 2.29. The van der Waals surface area contributed by atoms with Crippen LogP contribution in [0.15, 0.2) is 11.2 Å². The van der Waals surface area contributed by atoms with Gasteiger partial charge in [0.2, 0.25) is 0 Å². The van der Waals surface area contributed by atoms with Gasteiger partial charge in [-0.25, -0.2) is 13.4 Å². The average Bonchev–Trinajstić information content (AvgIpc) is 2.75. The van der Waals surface area contributed by atoms with Crippen molar-refractivity contribution < 1.29 is 8.42 Å². The molecule has 1 aromatic rings. The van der Waals surface area contributed by atoms with Gasteiger partial charge in [-0.3, -0.25) is 0 Å². The van der Waals surface area contributed by atoms with E-state index in [0.29, 0.717) is 25.3 Å². The average molecular weight is 272 g/mol. The van der Waals surface area contributed by atoms with Gasteiger partial charge in [0, 0.05) is 25.6 Å². The number of sulfonamides is 1. The first kappa shape index (κ1) is 13.5. The second-order valence-electron chi connectivity index (χ2n) is 4.54. The Bertz CT molecular complexity index is 493. The monoisotopic (exact) mass is 272 g/mol.